The molecule has 2 aromatic rings. The molecule has 0 bridgehead atoms. The van der Waals surface area contributed by atoms with Crippen LogP contribution in [0.25, 0.3) is 0 Å². The standard InChI is InChI=1S/C57H87N9O8S2/c1-35(58-7)50(68)62-40-21-27-75-44-29-55(3,4)47(46(44)48(40)67)52(70)64-42(37-17-13-11-14-18-37)33-73-26-25-61-31-39(60-9)32-74-34-43(38-19-15-12-16-20-38)65-53(71)49-57(24-23-56(57,5)6)30-45-66(49)54(72)41(22-28-76(45)10)63-51(69)36(2)59-8/h11-20,31,35-36,40-47,49,58-61,76H,21-30,32-34H2,1-10H3,(H,62,68)(H,63,69)(H,64,70)(H,65,71)/b39-31-/t35-,36-,40-,41-,42+,43+,44?,45?,46?,47+,49+,57?/m0/s1. The summed E-state index contributed by atoms with van der Waals surface area (Å²) in [6, 6.07) is 15.6. The summed E-state index contributed by atoms with van der Waals surface area (Å²) in [6.45, 7) is 13.5. The maximum Gasteiger partial charge on any atom is 0.246 e. The molecule has 420 valence electrons. The Morgan fingerprint density at radius 3 is 1.95 bits per heavy atom. The minimum atomic E-state index is -0.700. The first-order chi connectivity index (χ1) is 36.3. The summed E-state index contributed by atoms with van der Waals surface area (Å²) in [5.74, 6) is -0.641. The fourth-order valence-electron chi connectivity index (χ4n) is 12.3. The van der Waals surface area contributed by atoms with Gasteiger partial charge in [0.15, 0.2) is 5.78 Å². The lowest BCUT2D eigenvalue weighted by atomic mass is 9.48. The van der Waals surface area contributed by atoms with E-state index in [1.165, 1.54) is 0 Å². The Bertz CT molecular complexity index is 2380. The van der Waals surface area contributed by atoms with Gasteiger partial charge in [-0.2, -0.15) is 11.8 Å². The molecule has 8 N–H and O–H groups in total. The number of likely N-dealkylation sites (N-methyl/N-ethyl adjacent to an activating group) is 3. The van der Waals surface area contributed by atoms with Crippen molar-refractivity contribution in [3.63, 3.8) is 0 Å². The molecule has 3 saturated heterocycles. The van der Waals surface area contributed by atoms with E-state index in [0.29, 0.717) is 26.0 Å². The number of Topliss-reactive ketones (excluding diaryl/α,β-unsaturated/α-hetero) is 1. The average Bonchev–Trinajstić information content (AvgIpc) is 3.85. The van der Waals surface area contributed by atoms with Gasteiger partial charge in [-0.25, -0.2) is 10.9 Å². The van der Waals surface area contributed by atoms with Crippen LogP contribution in [-0.2, 0) is 38.2 Å². The molecule has 19 heteroatoms. The van der Waals surface area contributed by atoms with Gasteiger partial charge >= 0.3 is 0 Å². The number of carbonyl (C=O) groups is 6. The summed E-state index contributed by atoms with van der Waals surface area (Å²) < 4.78 is 12.6. The number of ether oxygens (including phenoxy) is 2. The molecule has 13 atom stereocenters. The topological polar surface area (TPSA) is 220 Å². The van der Waals surface area contributed by atoms with Crippen LogP contribution in [0.2, 0.25) is 0 Å². The van der Waals surface area contributed by atoms with Crippen LogP contribution in [-0.4, -0.2) is 153 Å². The molecule has 3 heterocycles. The molecule has 1 spiro atoms. The Morgan fingerprint density at radius 1 is 0.789 bits per heavy atom. The fraction of sp³-hybridized carbons (Fsp3) is 0.649. The number of nitrogens with one attached hydrogen (secondary N) is 8. The first kappa shape index (κ1) is 59.0. The largest absolute Gasteiger partial charge is 0.388 e. The number of ketones is 1. The SMILES string of the molecule is CN/C(=C\NCCOC[C@@H](NC(=O)[C@H]1C2C(=O)[C@@H](NC(=O)[C@H](C)NC)CCSC2CC1(C)C)c1ccccc1)COC[C@@H](NC(=O)[C@H]1N2C(=O)[C@@H](NC(=O)[C@H](C)NC)CC[SH](C)C2CC12CCC2(C)C)c1ccccc1. The van der Waals surface area contributed by atoms with Crippen LogP contribution in [0.1, 0.15) is 103 Å². The highest BCUT2D eigenvalue weighted by Crippen LogP contribution is 2.68. The molecule has 5 aliphatic rings. The summed E-state index contributed by atoms with van der Waals surface area (Å²) in [5.41, 5.74) is 1.55. The average molecular weight is 1090 g/mol. The zero-order valence-electron chi connectivity index (χ0n) is 46.5. The van der Waals surface area contributed by atoms with Crippen LogP contribution in [0, 0.1) is 28.1 Å². The molecule has 0 radical (unpaired) electrons. The van der Waals surface area contributed by atoms with Gasteiger partial charge in [0.05, 0.1) is 73.6 Å². The Labute approximate surface area is 458 Å². The van der Waals surface area contributed by atoms with Crippen molar-refractivity contribution < 1.29 is 38.2 Å². The van der Waals surface area contributed by atoms with Gasteiger partial charge in [0.2, 0.25) is 29.5 Å². The predicted octanol–water partition coefficient (Wildman–Crippen LogP) is 4.08. The van der Waals surface area contributed by atoms with E-state index < -0.39 is 75.9 Å². The molecule has 5 amide bonds. The smallest absolute Gasteiger partial charge is 0.246 e. The molecule has 5 fully saturated rings. The molecular weight excluding hydrogens is 1000 g/mol. The van der Waals surface area contributed by atoms with Crippen molar-refractivity contribution in [2.75, 3.05) is 71.9 Å². The molecule has 2 aromatic carbocycles. The minimum Gasteiger partial charge on any atom is -0.388 e. The van der Waals surface area contributed by atoms with Crippen molar-refractivity contribution in [1.29, 1.82) is 0 Å². The Balaban J connectivity index is 0.961. The molecule has 5 unspecified atom stereocenters. The molecule has 17 nitrogen and oxygen atoms in total. The maximum atomic E-state index is 15.1. The zero-order valence-corrected chi connectivity index (χ0v) is 48.2. The maximum absolute atomic E-state index is 15.1. The second kappa shape index (κ2) is 25.9. The highest BCUT2D eigenvalue weighted by atomic mass is 32.2. The van der Waals surface area contributed by atoms with E-state index in [9.17, 15) is 24.0 Å². The summed E-state index contributed by atoms with van der Waals surface area (Å²) in [5, 5.41) is 25.0. The van der Waals surface area contributed by atoms with Crippen molar-refractivity contribution in [1.82, 2.24) is 47.4 Å². The van der Waals surface area contributed by atoms with Gasteiger partial charge in [-0.05, 0) is 106 Å². The molecule has 0 aromatic heterocycles. The third-order valence-corrected chi connectivity index (χ3v) is 21.2. The van der Waals surface area contributed by atoms with E-state index in [0.717, 1.165) is 54.0 Å². The molecular formula is C57H87N9O8S2. The number of carbonyl (C=O) groups excluding carboxylic acids is 6. The second-order valence-corrected chi connectivity index (χ2v) is 26.9. The van der Waals surface area contributed by atoms with Gasteiger partial charge in [0.25, 0.3) is 0 Å². The highest BCUT2D eigenvalue weighted by molar-refractivity contribution is 8.17. The quantitative estimate of drug-likeness (QED) is 0.0567. The van der Waals surface area contributed by atoms with Crippen LogP contribution >= 0.6 is 22.7 Å². The van der Waals surface area contributed by atoms with Crippen molar-refractivity contribution in [3.8, 4) is 0 Å². The number of thiol groups is 1. The summed E-state index contributed by atoms with van der Waals surface area (Å²) >= 11 is 1.73. The van der Waals surface area contributed by atoms with Gasteiger partial charge in [-0.1, -0.05) is 88.4 Å². The first-order valence-electron chi connectivity index (χ1n) is 27.4. The van der Waals surface area contributed by atoms with Crippen molar-refractivity contribution in [2.45, 2.75) is 133 Å². The second-order valence-electron chi connectivity index (χ2n) is 23.0. The van der Waals surface area contributed by atoms with Crippen LogP contribution < -0.4 is 42.5 Å². The molecule has 3 aliphatic heterocycles. The van der Waals surface area contributed by atoms with Crippen molar-refractivity contribution in [3.05, 3.63) is 83.7 Å². The monoisotopic (exact) mass is 1090 g/mol. The summed E-state index contributed by atoms with van der Waals surface area (Å²) in [4.78, 5) is 86.4. The third kappa shape index (κ3) is 13.1. The van der Waals surface area contributed by atoms with E-state index in [4.69, 9.17) is 9.47 Å². The first-order valence-corrected chi connectivity index (χ1v) is 30.5. The number of hydrogen-bond donors (Lipinski definition) is 9. The number of nitrogens with zero attached hydrogens (tertiary/aromatic N) is 1. The summed E-state index contributed by atoms with van der Waals surface area (Å²) in [7, 11) is 4.62. The van der Waals surface area contributed by atoms with Crippen LogP contribution in [0.5, 0.6) is 0 Å². The minimum absolute atomic E-state index is 0.0181. The van der Waals surface area contributed by atoms with Crippen LogP contribution in [0.15, 0.2) is 72.6 Å². The normalized spacial score (nSPS) is 29.8. The Hall–Kier alpha value is -4.66. The van der Waals surface area contributed by atoms with E-state index in [1.807, 2.05) is 78.8 Å². The lowest BCUT2D eigenvalue weighted by Crippen LogP contribution is -2.63. The number of thioether (sulfide) groups is 1. The van der Waals surface area contributed by atoms with Gasteiger partial charge in [-0.3, -0.25) is 28.8 Å². The van der Waals surface area contributed by atoms with E-state index >= 15 is 4.79 Å². The molecule has 2 saturated carbocycles. The van der Waals surface area contributed by atoms with Gasteiger partial charge < -0.3 is 56.9 Å². The number of rotatable bonds is 23. The Kier molecular flexibility index (Phi) is 20.1. The zero-order chi connectivity index (χ0) is 55.0. The van der Waals surface area contributed by atoms with Crippen LogP contribution in [0.4, 0.5) is 0 Å². The summed E-state index contributed by atoms with van der Waals surface area (Å²) in [6.07, 6.45) is 8.47. The van der Waals surface area contributed by atoms with Gasteiger partial charge in [-0.15, -0.1) is 0 Å². The van der Waals surface area contributed by atoms with E-state index in [-0.39, 0.29) is 71.2 Å². The van der Waals surface area contributed by atoms with Crippen molar-refractivity contribution in [2.24, 2.45) is 28.1 Å². The molecule has 7 rings (SSSR count). The van der Waals surface area contributed by atoms with Gasteiger partial charge in [0, 0.05) is 36.4 Å². The number of fused-ring (bicyclic) bond motifs is 2. The highest BCUT2D eigenvalue weighted by Gasteiger charge is 2.68. The van der Waals surface area contributed by atoms with Gasteiger partial charge in [0.1, 0.15) is 12.1 Å². The predicted molar refractivity (Wildman–Crippen MR) is 302 cm³/mol. The Morgan fingerprint density at radius 2 is 1.38 bits per heavy atom. The number of benzene rings is 2. The fourth-order valence-corrected chi connectivity index (χ4v) is 16.3. The lowest BCUT2D eigenvalue weighted by Gasteiger charge is -2.57. The number of hydrogen-bond acceptors (Lipinski definition) is 13. The lowest BCUT2D eigenvalue weighted by molar-refractivity contribution is -0.153. The van der Waals surface area contributed by atoms with Crippen LogP contribution in [0.3, 0.4) is 0 Å². The number of amides is 5. The van der Waals surface area contributed by atoms with E-state index in [1.54, 1.807) is 39.7 Å². The van der Waals surface area contributed by atoms with Crippen molar-refractivity contribution >= 4 is 58.0 Å². The van der Waals surface area contributed by atoms with E-state index in [2.05, 4.69) is 76.5 Å². The molecule has 76 heavy (non-hydrogen) atoms. The third-order valence-electron chi connectivity index (χ3n) is 17.5. The molecule has 2 aliphatic carbocycles.